The molecule has 0 aromatic heterocycles. The molecular formula is C16H21N3O. The molecule has 0 spiro atoms. The van der Waals surface area contributed by atoms with Gasteiger partial charge in [-0.15, -0.1) is 0 Å². The van der Waals surface area contributed by atoms with Gasteiger partial charge in [0.15, 0.2) is 0 Å². The first kappa shape index (κ1) is 15.7. The molecule has 0 heterocycles. The van der Waals surface area contributed by atoms with Gasteiger partial charge in [0.2, 0.25) is 0 Å². The lowest BCUT2D eigenvalue weighted by Gasteiger charge is -2.11. The fourth-order valence-electron chi connectivity index (χ4n) is 1.61. The Hall–Kier alpha value is -2.36. The summed E-state index contributed by atoms with van der Waals surface area (Å²) in [6.45, 7) is 7.34. The molecule has 1 rings (SSSR count). The highest BCUT2D eigenvalue weighted by atomic mass is 16.2. The summed E-state index contributed by atoms with van der Waals surface area (Å²) in [4.78, 5) is 13.8. The van der Waals surface area contributed by atoms with Crippen LogP contribution in [0.25, 0.3) is 0 Å². The van der Waals surface area contributed by atoms with Crippen molar-refractivity contribution in [2.24, 2.45) is 5.10 Å². The standard InChI is InChI=1S/C16H21N3O/c1-6-15(12(2)3)16(20)18-17-11-13-7-9-14(10-8-13)19(4)5/h6-11H,1H2,2-5H3,(H,18,20)/b17-11+. The molecule has 106 valence electrons. The minimum absolute atomic E-state index is 0.249. The van der Waals surface area contributed by atoms with E-state index in [0.717, 1.165) is 16.8 Å². The van der Waals surface area contributed by atoms with E-state index >= 15 is 0 Å². The molecule has 0 saturated heterocycles. The van der Waals surface area contributed by atoms with Crippen molar-refractivity contribution in [2.75, 3.05) is 19.0 Å². The molecule has 20 heavy (non-hydrogen) atoms. The Bertz CT molecular complexity index is 535. The minimum Gasteiger partial charge on any atom is -0.378 e. The van der Waals surface area contributed by atoms with E-state index in [-0.39, 0.29) is 5.91 Å². The molecule has 0 aliphatic heterocycles. The molecule has 0 saturated carbocycles. The SMILES string of the molecule is C=CC(C(=O)N/N=C/c1ccc(N(C)C)cc1)=C(C)C. The molecule has 1 aromatic rings. The van der Waals surface area contributed by atoms with Crippen molar-refractivity contribution in [2.45, 2.75) is 13.8 Å². The van der Waals surface area contributed by atoms with Crippen LogP contribution < -0.4 is 10.3 Å². The minimum atomic E-state index is -0.249. The second-order valence-electron chi connectivity index (χ2n) is 4.80. The van der Waals surface area contributed by atoms with Crippen molar-refractivity contribution in [3.8, 4) is 0 Å². The highest BCUT2D eigenvalue weighted by molar-refractivity contribution is 5.97. The number of benzene rings is 1. The van der Waals surface area contributed by atoms with Crippen LogP contribution in [0, 0.1) is 0 Å². The highest BCUT2D eigenvalue weighted by Gasteiger charge is 2.05. The smallest absolute Gasteiger partial charge is 0.271 e. The maximum absolute atomic E-state index is 11.8. The van der Waals surface area contributed by atoms with Crippen LogP contribution >= 0.6 is 0 Å². The first-order valence-corrected chi connectivity index (χ1v) is 6.36. The number of hydrogen-bond donors (Lipinski definition) is 1. The number of carbonyl (C=O) groups excluding carboxylic acids is 1. The van der Waals surface area contributed by atoms with Crippen LogP contribution in [0.4, 0.5) is 5.69 Å². The van der Waals surface area contributed by atoms with E-state index in [1.165, 1.54) is 6.08 Å². The molecule has 1 amide bonds. The number of hydrogen-bond acceptors (Lipinski definition) is 3. The number of hydrazone groups is 1. The molecule has 0 aliphatic rings. The van der Waals surface area contributed by atoms with Gasteiger partial charge >= 0.3 is 0 Å². The van der Waals surface area contributed by atoms with Crippen molar-refractivity contribution >= 4 is 17.8 Å². The lowest BCUT2D eigenvalue weighted by molar-refractivity contribution is -0.117. The zero-order valence-electron chi connectivity index (χ0n) is 12.5. The number of nitrogens with one attached hydrogen (secondary N) is 1. The summed E-state index contributed by atoms with van der Waals surface area (Å²) in [5.41, 5.74) is 5.98. The summed E-state index contributed by atoms with van der Waals surface area (Å²) in [5, 5.41) is 3.95. The van der Waals surface area contributed by atoms with Crippen molar-refractivity contribution < 1.29 is 4.79 Å². The van der Waals surface area contributed by atoms with Crippen LogP contribution in [0.15, 0.2) is 53.2 Å². The van der Waals surface area contributed by atoms with E-state index < -0.39 is 0 Å². The second kappa shape index (κ2) is 7.28. The van der Waals surface area contributed by atoms with Crippen molar-refractivity contribution in [3.63, 3.8) is 0 Å². The normalized spacial score (nSPS) is 10.2. The van der Waals surface area contributed by atoms with Gasteiger partial charge in [-0.25, -0.2) is 5.43 Å². The quantitative estimate of drug-likeness (QED) is 0.387. The Morgan fingerprint density at radius 3 is 2.30 bits per heavy atom. The van der Waals surface area contributed by atoms with Gasteiger partial charge < -0.3 is 4.90 Å². The number of carbonyl (C=O) groups is 1. The predicted molar refractivity (Wildman–Crippen MR) is 85.1 cm³/mol. The largest absolute Gasteiger partial charge is 0.378 e. The van der Waals surface area contributed by atoms with E-state index in [1.807, 2.05) is 57.1 Å². The first-order valence-electron chi connectivity index (χ1n) is 6.36. The van der Waals surface area contributed by atoms with Gasteiger partial charge in [0.1, 0.15) is 0 Å². The number of nitrogens with zero attached hydrogens (tertiary/aromatic N) is 2. The molecule has 0 atom stereocenters. The van der Waals surface area contributed by atoms with Gasteiger partial charge in [-0.3, -0.25) is 4.79 Å². The Labute approximate surface area is 120 Å². The average Bonchev–Trinajstić information content (AvgIpc) is 2.39. The predicted octanol–water partition coefficient (Wildman–Crippen LogP) is 2.73. The molecule has 0 aliphatic carbocycles. The number of amides is 1. The molecule has 4 heteroatoms. The van der Waals surface area contributed by atoms with Crippen molar-refractivity contribution in [1.82, 2.24) is 5.43 Å². The van der Waals surface area contributed by atoms with E-state index in [0.29, 0.717) is 5.57 Å². The van der Waals surface area contributed by atoms with E-state index in [4.69, 9.17) is 0 Å². The van der Waals surface area contributed by atoms with Gasteiger partial charge in [0.25, 0.3) is 5.91 Å². The molecule has 0 bridgehead atoms. The van der Waals surface area contributed by atoms with E-state index in [2.05, 4.69) is 17.1 Å². The fraction of sp³-hybridized carbons (Fsp3) is 0.250. The van der Waals surface area contributed by atoms with Crippen LogP contribution in [-0.2, 0) is 4.79 Å². The Morgan fingerprint density at radius 1 is 1.25 bits per heavy atom. The van der Waals surface area contributed by atoms with Gasteiger partial charge in [0, 0.05) is 25.4 Å². The van der Waals surface area contributed by atoms with Gasteiger partial charge in [-0.05, 0) is 31.5 Å². The molecule has 0 fully saturated rings. The van der Waals surface area contributed by atoms with Crippen LogP contribution in [0.5, 0.6) is 0 Å². The van der Waals surface area contributed by atoms with Crippen molar-refractivity contribution in [3.05, 3.63) is 53.6 Å². The van der Waals surface area contributed by atoms with Gasteiger partial charge in [0.05, 0.1) is 6.21 Å². The summed E-state index contributed by atoms with van der Waals surface area (Å²) in [7, 11) is 3.97. The topological polar surface area (TPSA) is 44.7 Å². The molecule has 0 unspecified atom stereocenters. The zero-order chi connectivity index (χ0) is 15.1. The third kappa shape index (κ3) is 4.39. The fourth-order valence-corrected chi connectivity index (χ4v) is 1.61. The van der Waals surface area contributed by atoms with Crippen molar-refractivity contribution in [1.29, 1.82) is 0 Å². The van der Waals surface area contributed by atoms with Crippen LogP contribution in [0.1, 0.15) is 19.4 Å². The summed E-state index contributed by atoms with van der Waals surface area (Å²) >= 11 is 0. The third-order valence-electron chi connectivity index (χ3n) is 2.78. The molecular weight excluding hydrogens is 250 g/mol. The maximum atomic E-state index is 11.8. The summed E-state index contributed by atoms with van der Waals surface area (Å²) in [5.74, 6) is -0.249. The molecule has 1 aromatic carbocycles. The molecule has 1 N–H and O–H groups in total. The Kier molecular flexibility index (Phi) is 5.72. The first-order chi connectivity index (χ1) is 9.45. The Balaban J connectivity index is 2.68. The summed E-state index contributed by atoms with van der Waals surface area (Å²) < 4.78 is 0. The zero-order valence-corrected chi connectivity index (χ0v) is 12.5. The second-order valence-corrected chi connectivity index (χ2v) is 4.80. The average molecular weight is 271 g/mol. The summed E-state index contributed by atoms with van der Waals surface area (Å²) in [6, 6.07) is 7.88. The molecule has 4 nitrogen and oxygen atoms in total. The van der Waals surface area contributed by atoms with Crippen LogP contribution in [0.3, 0.4) is 0 Å². The Morgan fingerprint density at radius 2 is 1.85 bits per heavy atom. The van der Waals surface area contributed by atoms with Crippen LogP contribution in [-0.4, -0.2) is 26.2 Å². The highest BCUT2D eigenvalue weighted by Crippen LogP contribution is 2.10. The number of anilines is 1. The third-order valence-corrected chi connectivity index (χ3v) is 2.78. The molecule has 0 radical (unpaired) electrons. The van der Waals surface area contributed by atoms with E-state index in [9.17, 15) is 4.79 Å². The van der Waals surface area contributed by atoms with Crippen LogP contribution in [0.2, 0.25) is 0 Å². The monoisotopic (exact) mass is 271 g/mol. The number of allylic oxidation sites excluding steroid dienone is 1. The maximum Gasteiger partial charge on any atom is 0.271 e. The van der Waals surface area contributed by atoms with Gasteiger partial charge in [-0.1, -0.05) is 30.4 Å². The number of rotatable bonds is 5. The summed E-state index contributed by atoms with van der Waals surface area (Å²) in [6.07, 6.45) is 3.15. The lowest BCUT2D eigenvalue weighted by atomic mass is 10.1. The van der Waals surface area contributed by atoms with E-state index in [1.54, 1.807) is 6.21 Å². The van der Waals surface area contributed by atoms with Gasteiger partial charge in [-0.2, -0.15) is 5.10 Å². The lowest BCUT2D eigenvalue weighted by Crippen LogP contribution is -2.19.